The van der Waals surface area contributed by atoms with Gasteiger partial charge in [0.1, 0.15) is 66.0 Å². The largest absolute Gasteiger partial charge is 0.504 e. The molecule has 0 spiro atoms. The van der Waals surface area contributed by atoms with E-state index in [0.717, 1.165) is 25.1 Å². The number of hydrogen-bond donors (Lipinski definition) is 16. The summed E-state index contributed by atoms with van der Waals surface area (Å²) in [5.74, 6) is -14.9. The highest BCUT2D eigenvalue weighted by Crippen LogP contribution is 2.34. The second-order valence-electron chi connectivity index (χ2n) is 20.9. The first-order chi connectivity index (χ1) is 46.1. The number of phenolic OH excluding ortho intramolecular Hbond substituents is 1. The van der Waals surface area contributed by atoms with Gasteiger partial charge < -0.3 is 102 Å². The second-order valence-corrected chi connectivity index (χ2v) is 22.0. The number of phenols is 1. The van der Waals surface area contributed by atoms with Crippen molar-refractivity contribution in [2.24, 2.45) is 11.7 Å². The van der Waals surface area contributed by atoms with Crippen LogP contribution in [-0.2, 0) is 44.0 Å². The summed E-state index contributed by atoms with van der Waals surface area (Å²) in [7, 11) is -5.39. The van der Waals surface area contributed by atoms with Crippen molar-refractivity contribution in [2.45, 2.75) is 144 Å². The number of primary amides is 1. The molecular weight excluding hydrogens is 1200 g/mol. The lowest BCUT2D eigenvalue weighted by Crippen LogP contribution is -2.64. The summed E-state index contributed by atoms with van der Waals surface area (Å²) in [6.45, 7) is -6.50. The van der Waals surface area contributed by atoms with Gasteiger partial charge >= 0.3 is 10.4 Å². The van der Waals surface area contributed by atoms with Crippen molar-refractivity contribution in [1.82, 2.24) is 41.5 Å². The number of nitrogens with zero attached hydrogens (tertiary/aromatic N) is 3. The first-order valence-corrected chi connectivity index (χ1v) is 28.2. The van der Waals surface area contributed by atoms with Crippen LogP contribution < -0.4 is 41.2 Å². The average Bonchev–Trinajstić information content (AvgIpc) is 0.968. The molecule has 3 aliphatic rings. The van der Waals surface area contributed by atoms with Gasteiger partial charge in [-0.15, -0.1) is 0 Å². The number of aromatic hydroxyl groups is 1. The van der Waals surface area contributed by atoms with Gasteiger partial charge in [0.2, 0.25) is 41.4 Å². The molecule has 89 heavy (non-hydrogen) atoms. The van der Waals surface area contributed by atoms with Crippen LogP contribution in [0.4, 0.5) is 0 Å². The fourth-order valence-electron chi connectivity index (χ4n) is 9.92. The molecule has 0 aliphatic carbocycles. The first-order valence-electron chi connectivity index (χ1n) is 32.3. The van der Waals surface area contributed by atoms with Gasteiger partial charge in [0, 0.05) is 66.9 Å². The summed E-state index contributed by atoms with van der Waals surface area (Å²) < 4.78 is 134. The zero-order valence-corrected chi connectivity index (χ0v) is 47.5. The van der Waals surface area contributed by atoms with Crippen LogP contribution in [0, 0.1) is 5.92 Å². The molecule has 4 heterocycles. The Bertz CT molecular complexity index is 3840. The first kappa shape index (κ1) is 53.6. The molecular formula is C56H71N9O23S. The van der Waals surface area contributed by atoms with E-state index in [0.29, 0.717) is 21.9 Å². The molecule has 3 saturated heterocycles. The molecule has 4 aromatic rings. The highest BCUT2D eigenvalue weighted by atomic mass is 32.3. The SMILES string of the molecule is [2H]C([2H])([2H])C([2H])([2H])C([2H])([2H])C([2H])([2H])C([2H])([2H])Oc1ccc(-c2cc(-c3ccc(C(=O)N[C@H]4C[C@@H](O)[C@@H](O)NC(=O)[C@@H]5[C@@H](O)[C@@H](C)CN5C(=O)[C@H]([C@H](O)CC(N)=O)NC(=O)[C@H]([C@H](O)[C@@H](O)c5ccc(O)c(OS(=O)(=O)O)c5)NC(=O)[C@@H]5C[C@@H](O)CN5C(=O)[C@H]([C@@H](C)O)NC4=O)cc3)no2)cc1. The molecule has 0 unspecified atom stereocenters. The molecule has 3 aliphatic heterocycles. The third-order valence-corrected chi connectivity index (χ3v) is 14.9. The van der Waals surface area contributed by atoms with Crippen molar-refractivity contribution >= 4 is 57.7 Å². The number of carbonyl (C=O) groups is 8. The molecule has 0 bridgehead atoms. The molecule has 32 nitrogen and oxygen atoms in total. The monoisotopic (exact) mass is 1280 g/mol. The lowest BCUT2D eigenvalue weighted by atomic mass is 9.96. The summed E-state index contributed by atoms with van der Waals surface area (Å²) in [4.78, 5) is 115. The summed E-state index contributed by atoms with van der Waals surface area (Å²) in [5.41, 5.74) is 5.09. The van der Waals surface area contributed by atoms with Gasteiger partial charge in [-0.25, -0.2) is 0 Å². The number of benzene rings is 3. The molecule has 15 atom stereocenters. The Morgan fingerprint density at radius 2 is 1.47 bits per heavy atom. The van der Waals surface area contributed by atoms with Crippen LogP contribution in [0.15, 0.2) is 77.3 Å². The van der Waals surface area contributed by atoms with Gasteiger partial charge in [-0.05, 0) is 67.4 Å². The minimum Gasteiger partial charge on any atom is -0.504 e. The summed E-state index contributed by atoms with van der Waals surface area (Å²) >= 11 is 0. The number of aliphatic hydroxyl groups is 8. The molecule has 7 rings (SSSR count). The number of aliphatic hydroxyl groups excluding tert-OH is 8. The molecule has 0 saturated carbocycles. The number of aromatic nitrogens is 1. The Hall–Kier alpha value is -8.38. The smallest absolute Gasteiger partial charge is 0.446 e. The van der Waals surface area contributed by atoms with Gasteiger partial charge in [0.15, 0.2) is 23.5 Å². The maximum atomic E-state index is 14.7. The number of nitrogens with two attached hydrogens (primary N) is 1. The quantitative estimate of drug-likeness (QED) is 0.0423. The molecule has 0 radical (unpaired) electrons. The molecule has 484 valence electrons. The topological polar surface area (TPSA) is 510 Å². The van der Waals surface area contributed by atoms with Crippen molar-refractivity contribution in [3.05, 3.63) is 83.9 Å². The predicted octanol–water partition coefficient (Wildman–Crippen LogP) is -3.90. The summed E-state index contributed by atoms with van der Waals surface area (Å²) in [6, 6.07) is -0.229. The van der Waals surface area contributed by atoms with E-state index in [2.05, 4.69) is 25.3 Å². The van der Waals surface area contributed by atoms with E-state index >= 15 is 0 Å². The lowest BCUT2D eigenvalue weighted by Gasteiger charge is -2.34. The number of rotatable bonds is 18. The number of ether oxygens (including phenoxy) is 1. The zero-order chi connectivity index (χ0) is 75.0. The van der Waals surface area contributed by atoms with Crippen molar-refractivity contribution in [3.63, 3.8) is 0 Å². The molecule has 8 amide bonds. The van der Waals surface area contributed by atoms with Gasteiger partial charge in [-0.1, -0.05) is 49.9 Å². The third kappa shape index (κ3) is 16.9. The standard InChI is InChI=1S/C56H71N9O23S/c1-4-5-6-17-86-32-14-11-28(12-15-32)39-21-33(63-87-39)27-7-9-29(10-8-27)49(75)58-34-20-38(70)52(78)62-54(80)45-46(72)25(2)23-65(45)56(82)43(37(69)22-41(57)71)60-53(79)44(48(74)47(73)30-13-16-36(68)40(18-30)88-89(83,84)85)61-51(77)35-19-31(67)24-64(35)55(81)42(26(3)66)59-50(34)76/h7-16,18,21,25-26,31,34-35,37-38,42-48,52,66-70,72-74,78H,4-6,17,19-20,22-24H2,1-3H3,(H2,57,71)(H,58,75)(H,59,76)(H,60,79)(H,61,77)(H,62,80)(H,83,84,85)/t25-,26+,31+,34-,35-,37+,38+,42-,43-,44-,45-,46-,47-,48-,52+/m0/s1/i1D3,4D2,5D2,6D2,17D2. The van der Waals surface area contributed by atoms with Gasteiger partial charge in [-0.3, -0.25) is 42.9 Å². The number of fused-ring (bicyclic) bond motifs is 2. The zero-order valence-electron chi connectivity index (χ0n) is 57.7. The minimum atomic E-state index is -5.39. The summed E-state index contributed by atoms with van der Waals surface area (Å²) in [6.07, 6.45) is -32.7. The number of hydrogen-bond acceptors (Lipinski definition) is 23. The van der Waals surface area contributed by atoms with Crippen molar-refractivity contribution in [3.8, 4) is 39.8 Å². The highest BCUT2D eigenvalue weighted by Gasteiger charge is 2.51. The Morgan fingerprint density at radius 1 is 0.820 bits per heavy atom. The predicted molar refractivity (Wildman–Crippen MR) is 304 cm³/mol. The van der Waals surface area contributed by atoms with E-state index in [1.54, 1.807) is 0 Å². The highest BCUT2D eigenvalue weighted by molar-refractivity contribution is 7.81. The Labute approximate surface area is 523 Å². The lowest BCUT2D eigenvalue weighted by molar-refractivity contribution is -0.149. The van der Waals surface area contributed by atoms with Crippen LogP contribution in [0.2, 0.25) is 0 Å². The number of nitrogens with one attached hydrogen (secondary N) is 5. The molecule has 3 aromatic carbocycles. The summed E-state index contributed by atoms with van der Waals surface area (Å²) in [5, 5.41) is 116. The van der Waals surface area contributed by atoms with E-state index in [-0.39, 0.29) is 28.1 Å². The van der Waals surface area contributed by atoms with Crippen molar-refractivity contribution in [2.75, 3.05) is 19.6 Å². The Morgan fingerprint density at radius 3 is 2.12 bits per heavy atom. The molecule has 3 fully saturated rings. The molecule has 1 aromatic heterocycles. The van der Waals surface area contributed by atoms with Crippen molar-refractivity contribution < 1.29 is 126 Å². The van der Waals surface area contributed by atoms with Crippen LogP contribution in [0.3, 0.4) is 0 Å². The van der Waals surface area contributed by atoms with Crippen LogP contribution in [-0.4, -0.2) is 220 Å². The fraction of sp³-hybridized carbons (Fsp3) is 0.482. The molecule has 17 N–H and O–H groups in total. The normalized spacial score (nSPS) is 29.1. The van der Waals surface area contributed by atoms with Crippen LogP contribution in [0.1, 0.15) is 96.2 Å². The molecule has 33 heteroatoms. The average molecular weight is 1280 g/mol. The van der Waals surface area contributed by atoms with E-state index in [1.165, 1.54) is 49.4 Å². The Balaban J connectivity index is 1.19. The van der Waals surface area contributed by atoms with Crippen molar-refractivity contribution in [1.29, 1.82) is 0 Å². The number of amides is 8. The van der Waals surface area contributed by atoms with Crippen LogP contribution in [0.5, 0.6) is 17.2 Å². The van der Waals surface area contributed by atoms with E-state index in [1.807, 2.05) is 10.6 Å². The fourth-order valence-corrected chi connectivity index (χ4v) is 10.3. The van der Waals surface area contributed by atoms with Crippen LogP contribution in [0.25, 0.3) is 22.6 Å². The minimum absolute atomic E-state index is 0.0518. The van der Waals surface area contributed by atoms with E-state index in [4.69, 9.17) is 30.1 Å². The van der Waals surface area contributed by atoms with Crippen LogP contribution >= 0.6 is 0 Å². The Kier molecular flexibility index (Phi) is 17.7. The van der Waals surface area contributed by atoms with Gasteiger partial charge in [0.05, 0.1) is 40.1 Å². The maximum absolute atomic E-state index is 14.7. The maximum Gasteiger partial charge on any atom is 0.446 e. The van der Waals surface area contributed by atoms with Gasteiger partial charge in [-0.2, -0.15) is 8.42 Å². The van der Waals surface area contributed by atoms with Gasteiger partial charge in [0.25, 0.3) is 5.91 Å². The number of carbonyl (C=O) groups excluding carboxylic acids is 8. The van der Waals surface area contributed by atoms with E-state index in [9.17, 15) is 97.3 Å². The second kappa shape index (κ2) is 29.3. The third-order valence-electron chi connectivity index (χ3n) is 14.5. The van der Waals surface area contributed by atoms with E-state index < -0.39 is 236 Å².